The number of nitrogens with zero attached hydrogens (tertiary/aromatic N) is 1. The minimum atomic E-state index is 0.811. The van der Waals surface area contributed by atoms with E-state index in [1.807, 2.05) is 29.7 Å². The second kappa shape index (κ2) is 7.77. The Morgan fingerprint density at radius 2 is 2.38 bits per heavy atom. The van der Waals surface area contributed by atoms with Crippen molar-refractivity contribution in [2.45, 2.75) is 6.42 Å². The van der Waals surface area contributed by atoms with Crippen molar-refractivity contribution in [1.82, 2.24) is 10.2 Å². The molecule has 0 saturated heterocycles. The van der Waals surface area contributed by atoms with Gasteiger partial charge in [0.25, 0.3) is 0 Å². The van der Waals surface area contributed by atoms with Crippen LogP contribution >= 0.6 is 11.8 Å². The van der Waals surface area contributed by atoms with Gasteiger partial charge in [0, 0.05) is 24.1 Å². The zero-order valence-corrected chi connectivity index (χ0v) is 10.0. The van der Waals surface area contributed by atoms with Crippen molar-refractivity contribution >= 4 is 11.8 Å². The summed E-state index contributed by atoms with van der Waals surface area (Å²) in [5.41, 5.74) is 2.14. The van der Waals surface area contributed by atoms with Gasteiger partial charge < -0.3 is 0 Å². The smallest absolute Gasteiger partial charge is 0.0490 e. The number of rotatable bonds is 7. The van der Waals surface area contributed by atoms with E-state index in [4.69, 9.17) is 0 Å². The SMILES string of the molecule is C=CSC/C=C\C=C/C(=C)Cc1ccn[nH]1. The van der Waals surface area contributed by atoms with E-state index in [2.05, 4.69) is 29.4 Å². The minimum absolute atomic E-state index is 0.811. The molecule has 0 aliphatic carbocycles. The van der Waals surface area contributed by atoms with Crippen molar-refractivity contribution in [1.29, 1.82) is 0 Å². The number of H-pyrrole nitrogens is 1. The lowest BCUT2D eigenvalue weighted by Gasteiger charge is -1.95. The number of nitrogens with one attached hydrogen (secondary N) is 1. The first-order chi connectivity index (χ1) is 7.83. The van der Waals surface area contributed by atoms with E-state index >= 15 is 0 Å². The second-order valence-corrected chi connectivity index (χ2v) is 4.20. The van der Waals surface area contributed by atoms with Crippen molar-refractivity contribution in [2.24, 2.45) is 0 Å². The maximum absolute atomic E-state index is 3.97. The normalized spacial score (nSPS) is 11.2. The summed E-state index contributed by atoms with van der Waals surface area (Å²) < 4.78 is 0. The molecule has 2 nitrogen and oxygen atoms in total. The highest BCUT2D eigenvalue weighted by Crippen LogP contribution is 2.04. The molecule has 3 heteroatoms. The van der Waals surface area contributed by atoms with Crippen LogP contribution in [0.15, 0.2) is 60.7 Å². The first-order valence-corrected chi connectivity index (χ1v) is 6.09. The van der Waals surface area contributed by atoms with E-state index in [9.17, 15) is 0 Å². The van der Waals surface area contributed by atoms with Gasteiger partial charge in [-0.15, -0.1) is 11.8 Å². The number of hydrogen-bond donors (Lipinski definition) is 1. The average molecular weight is 232 g/mol. The van der Waals surface area contributed by atoms with Crippen LogP contribution < -0.4 is 0 Å². The summed E-state index contributed by atoms with van der Waals surface area (Å²) in [6.45, 7) is 7.61. The number of hydrogen-bond acceptors (Lipinski definition) is 2. The van der Waals surface area contributed by atoms with Gasteiger partial charge >= 0.3 is 0 Å². The molecule has 0 amide bonds. The summed E-state index contributed by atoms with van der Waals surface area (Å²) in [5.74, 6) is 0.959. The van der Waals surface area contributed by atoms with Crippen molar-refractivity contribution in [2.75, 3.05) is 5.75 Å². The first kappa shape index (κ1) is 12.6. The molecule has 0 aliphatic heterocycles. The van der Waals surface area contributed by atoms with E-state index in [1.54, 1.807) is 18.0 Å². The molecule has 0 fully saturated rings. The first-order valence-electron chi connectivity index (χ1n) is 5.04. The Bertz CT molecular complexity index is 375. The standard InChI is InChI=1S/C13H16N2S/c1-3-16-10-6-4-5-7-12(2)11-13-8-9-14-15-13/h3-9H,1-2,10-11H2,(H,14,15)/b6-4-,7-5-. The summed E-state index contributed by atoms with van der Waals surface area (Å²) in [7, 11) is 0. The topological polar surface area (TPSA) is 28.7 Å². The predicted molar refractivity (Wildman–Crippen MR) is 72.4 cm³/mol. The molecular formula is C13H16N2S. The third-order valence-electron chi connectivity index (χ3n) is 1.87. The lowest BCUT2D eigenvalue weighted by molar-refractivity contribution is 0.998. The molecule has 16 heavy (non-hydrogen) atoms. The van der Waals surface area contributed by atoms with Gasteiger partial charge in [-0.25, -0.2) is 0 Å². The van der Waals surface area contributed by atoms with Crippen LogP contribution in [0.25, 0.3) is 0 Å². The fraction of sp³-hybridized carbons (Fsp3) is 0.154. The zero-order valence-electron chi connectivity index (χ0n) is 9.23. The van der Waals surface area contributed by atoms with Gasteiger partial charge in [-0.05, 0) is 17.0 Å². The van der Waals surface area contributed by atoms with E-state index in [-0.39, 0.29) is 0 Å². The van der Waals surface area contributed by atoms with Crippen molar-refractivity contribution < 1.29 is 0 Å². The fourth-order valence-electron chi connectivity index (χ4n) is 1.14. The summed E-state index contributed by atoms with van der Waals surface area (Å²) in [6, 6.07) is 1.95. The summed E-state index contributed by atoms with van der Waals surface area (Å²) in [6.07, 6.45) is 10.7. The van der Waals surface area contributed by atoms with Gasteiger partial charge in [0.05, 0.1) is 0 Å². The van der Waals surface area contributed by atoms with Crippen LogP contribution in [-0.4, -0.2) is 16.0 Å². The Balaban J connectivity index is 2.26. The molecule has 0 spiro atoms. The third-order valence-corrected chi connectivity index (χ3v) is 2.49. The molecule has 1 aromatic heterocycles. The van der Waals surface area contributed by atoms with Crippen LogP contribution in [-0.2, 0) is 6.42 Å². The van der Waals surface area contributed by atoms with Crippen LogP contribution in [0.1, 0.15) is 5.69 Å². The van der Waals surface area contributed by atoms with Gasteiger partial charge in [0.1, 0.15) is 0 Å². The van der Waals surface area contributed by atoms with Gasteiger partial charge in [-0.1, -0.05) is 37.5 Å². The lowest BCUT2D eigenvalue weighted by Crippen LogP contribution is -1.86. The van der Waals surface area contributed by atoms with Gasteiger partial charge in [0.2, 0.25) is 0 Å². The van der Waals surface area contributed by atoms with E-state index < -0.39 is 0 Å². The van der Waals surface area contributed by atoms with Crippen LogP contribution in [0.4, 0.5) is 0 Å². The molecule has 0 unspecified atom stereocenters. The van der Waals surface area contributed by atoms with Crippen molar-refractivity contribution in [3.05, 3.63) is 66.4 Å². The largest absolute Gasteiger partial charge is 0.282 e. The van der Waals surface area contributed by atoms with Crippen molar-refractivity contribution in [3.8, 4) is 0 Å². The molecule has 0 atom stereocenters. The fourth-order valence-corrected chi connectivity index (χ4v) is 1.49. The molecule has 1 N–H and O–H groups in total. The molecule has 1 heterocycles. The maximum atomic E-state index is 3.97. The predicted octanol–water partition coefficient (Wildman–Crippen LogP) is 3.50. The Hall–Kier alpha value is -1.48. The minimum Gasteiger partial charge on any atom is -0.282 e. The second-order valence-electron chi connectivity index (χ2n) is 3.20. The Morgan fingerprint density at radius 3 is 3.06 bits per heavy atom. The number of aromatic amines is 1. The number of allylic oxidation sites excluding steroid dienone is 4. The third kappa shape index (κ3) is 5.41. The lowest BCUT2D eigenvalue weighted by atomic mass is 10.1. The number of aromatic nitrogens is 2. The Kier molecular flexibility index (Phi) is 6.11. The summed E-state index contributed by atoms with van der Waals surface area (Å²) >= 11 is 1.68. The molecule has 0 saturated carbocycles. The number of thioether (sulfide) groups is 1. The summed E-state index contributed by atoms with van der Waals surface area (Å²) in [5, 5.41) is 8.64. The van der Waals surface area contributed by atoms with Crippen LogP contribution in [0, 0.1) is 0 Å². The Labute approximate surface area is 101 Å². The highest BCUT2D eigenvalue weighted by molar-refractivity contribution is 8.02. The van der Waals surface area contributed by atoms with Crippen LogP contribution in [0.2, 0.25) is 0 Å². The molecule has 84 valence electrons. The maximum Gasteiger partial charge on any atom is 0.0490 e. The Morgan fingerprint density at radius 1 is 1.50 bits per heavy atom. The van der Waals surface area contributed by atoms with E-state index in [1.165, 1.54) is 0 Å². The molecular weight excluding hydrogens is 216 g/mol. The van der Waals surface area contributed by atoms with Crippen LogP contribution in [0.5, 0.6) is 0 Å². The van der Waals surface area contributed by atoms with E-state index in [0.29, 0.717) is 0 Å². The molecule has 1 rings (SSSR count). The highest BCUT2D eigenvalue weighted by Gasteiger charge is 1.93. The highest BCUT2D eigenvalue weighted by atomic mass is 32.2. The van der Waals surface area contributed by atoms with Gasteiger partial charge in [-0.3, -0.25) is 5.10 Å². The molecule has 0 bridgehead atoms. The van der Waals surface area contributed by atoms with Crippen molar-refractivity contribution in [3.63, 3.8) is 0 Å². The molecule has 0 aliphatic rings. The van der Waals surface area contributed by atoms with Crippen LogP contribution in [0.3, 0.4) is 0 Å². The molecule has 0 aromatic carbocycles. The monoisotopic (exact) mass is 232 g/mol. The van der Waals surface area contributed by atoms with Gasteiger partial charge in [0.15, 0.2) is 0 Å². The summed E-state index contributed by atoms with van der Waals surface area (Å²) in [4.78, 5) is 0. The van der Waals surface area contributed by atoms with E-state index in [0.717, 1.165) is 23.4 Å². The molecule has 1 aromatic rings. The quantitative estimate of drug-likeness (QED) is 0.576. The zero-order chi connectivity index (χ0) is 11.6. The average Bonchev–Trinajstić information content (AvgIpc) is 2.76. The molecule has 0 radical (unpaired) electrons. The van der Waals surface area contributed by atoms with Gasteiger partial charge in [-0.2, -0.15) is 5.10 Å².